The van der Waals surface area contributed by atoms with Crippen LogP contribution >= 0.6 is 45.2 Å². The zero-order valence-corrected chi connectivity index (χ0v) is 63.1. The molecule has 0 bridgehead atoms. The summed E-state index contributed by atoms with van der Waals surface area (Å²) in [4.78, 5) is 0. The van der Waals surface area contributed by atoms with Gasteiger partial charge in [-0.15, -0.1) is 0 Å². The first-order valence-electron chi connectivity index (χ1n) is 36.0. The molecule has 7 rings (SSSR count). The van der Waals surface area contributed by atoms with Gasteiger partial charge in [-0.05, 0) is 259 Å². The SMILES string of the molecule is CCCCCc1cc(I)c(O)c(C#Cc2cc(CCCCC)cc(C#Cc3cc(CCCCC)cc(C#Cc4cc(CCCCC)cc(C#Cc5cc(CCCCC)cc(C#Cc6cc(CCCCC)cc(C#Cc7cc(CCCCC)cc(I)c7O)c6O)c5O)c4O)c3O)c2O)c1. The highest BCUT2D eigenvalue weighted by Gasteiger charge is 2.17. The lowest BCUT2D eigenvalue weighted by Gasteiger charge is -2.09. The number of rotatable bonds is 28. The van der Waals surface area contributed by atoms with Gasteiger partial charge in [0.15, 0.2) is 0 Å². The first-order valence-corrected chi connectivity index (χ1v) is 38.1. The summed E-state index contributed by atoms with van der Waals surface area (Å²) in [5, 5.41) is 82.4. The molecule has 0 aromatic heterocycles. The Hall–Kier alpha value is -8.04. The van der Waals surface area contributed by atoms with Crippen LogP contribution in [0.5, 0.6) is 40.2 Å². The molecule has 98 heavy (non-hydrogen) atoms. The number of phenolic OH excluding ortho intramolecular Hbond substituents is 7. The highest BCUT2D eigenvalue weighted by Crippen LogP contribution is 2.34. The van der Waals surface area contributed by atoms with E-state index in [0.717, 1.165) is 226 Å². The van der Waals surface area contributed by atoms with Crippen molar-refractivity contribution >= 4 is 45.2 Å². The van der Waals surface area contributed by atoms with E-state index in [9.17, 15) is 35.7 Å². The average Bonchev–Trinajstić information content (AvgIpc) is 0.829. The highest BCUT2D eigenvalue weighted by molar-refractivity contribution is 14.1. The maximum Gasteiger partial charge on any atom is 0.146 e. The van der Waals surface area contributed by atoms with E-state index in [1.165, 1.54) is 0 Å². The predicted molar refractivity (Wildman–Crippen MR) is 421 cm³/mol. The van der Waals surface area contributed by atoms with Gasteiger partial charge in [0.25, 0.3) is 0 Å². The quantitative estimate of drug-likeness (QED) is 0.0147. The summed E-state index contributed by atoms with van der Waals surface area (Å²) in [5.41, 5.74) is 11.6. The van der Waals surface area contributed by atoms with Crippen LogP contribution in [-0.2, 0) is 44.9 Å². The number of aryl methyl sites for hydroxylation is 7. The van der Waals surface area contributed by atoms with Gasteiger partial charge in [-0.1, -0.05) is 209 Å². The number of hydrogen-bond acceptors (Lipinski definition) is 7. The van der Waals surface area contributed by atoms with Gasteiger partial charge in [0.2, 0.25) is 0 Å². The van der Waals surface area contributed by atoms with Gasteiger partial charge in [0.05, 0.1) is 73.9 Å². The molecular weight excluding hydrogens is 1430 g/mol. The second kappa shape index (κ2) is 40.8. The summed E-state index contributed by atoms with van der Waals surface area (Å²) in [6, 6.07) is 26.8. The molecule has 7 aromatic rings. The van der Waals surface area contributed by atoms with Gasteiger partial charge in [-0.25, -0.2) is 0 Å². The van der Waals surface area contributed by atoms with Crippen molar-refractivity contribution < 1.29 is 35.7 Å². The van der Waals surface area contributed by atoms with Crippen LogP contribution in [0.3, 0.4) is 0 Å². The summed E-state index contributed by atoms with van der Waals surface area (Å²) in [5.74, 6) is 38.2. The highest BCUT2D eigenvalue weighted by atomic mass is 127. The van der Waals surface area contributed by atoms with Crippen LogP contribution in [0.25, 0.3) is 0 Å². The van der Waals surface area contributed by atoms with E-state index in [0.29, 0.717) is 66.8 Å². The third-order valence-electron chi connectivity index (χ3n) is 17.6. The van der Waals surface area contributed by atoms with E-state index >= 15 is 0 Å². The lowest BCUT2D eigenvalue weighted by molar-refractivity contribution is 0.469. The summed E-state index contributed by atoms with van der Waals surface area (Å²) < 4.78 is 1.46. The van der Waals surface area contributed by atoms with E-state index in [-0.39, 0.29) is 40.2 Å². The fourth-order valence-electron chi connectivity index (χ4n) is 11.8. The molecule has 0 heterocycles. The summed E-state index contributed by atoms with van der Waals surface area (Å²) in [6.07, 6.45) is 27.0. The first-order chi connectivity index (χ1) is 47.5. The minimum atomic E-state index is -0.128. The topological polar surface area (TPSA) is 142 Å². The Morgan fingerprint density at radius 3 is 0.449 bits per heavy atom. The van der Waals surface area contributed by atoms with Crippen molar-refractivity contribution in [1.82, 2.24) is 0 Å². The molecule has 7 nitrogen and oxygen atoms in total. The molecule has 7 N–H and O–H groups in total. The van der Waals surface area contributed by atoms with Crippen molar-refractivity contribution in [2.24, 2.45) is 0 Å². The minimum Gasteiger partial charge on any atom is -0.506 e. The van der Waals surface area contributed by atoms with Crippen LogP contribution < -0.4 is 0 Å². The number of aromatic hydroxyl groups is 7. The summed E-state index contributed by atoms with van der Waals surface area (Å²) >= 11 is 4.30. The van der Waals surface area contributed by atoms with Crippen molar-refractivity contribution in [3.63, 3.8) is 0 Å². The molecule has 0 aliphatic carbocycles. The third kappa shape index (κ3) is 23.3. The number of benzene rings is 7. The van der Waals surface area contributed by atoms with E-state index in [4.69, 9.17) is 0 Å². The van der Waals surface area contributed by atoms with E-state index < -0.39 is 0 Å². The van der Waals surface area contributed by atoms with Crippen LogP contribution in [0.4, 0.5) is 0 Å². The van der Waals surface area contributed by atoms with Crippen LogP contribution in [-0.4, -0.2) is 35.7 Å². The molecule has 0 aliphatic heterocycles. The van der Waals surface area contributed by atoms with Gasteiger partial charge in [0.1, 0.15) is 40.2 Å². The average molecular weight is 1530 g/mol. The smallest absolute Gasteiger partial charge is 0.146 e. The maximum atomic E-state index is 12.2. The Labute approximate surface area is 613 Å². The molecule has 0 radical (unpaired) electrons. The van der Waals surface area contributed by atoms with E-state index in [2.05, 4.69) is 165 Å². The molecule has 0 saturated carbocycles. The Morgan fingerprint density at radius 2 is 0.316 bits per heavy atom. The van der Waals surface area contributed by atoms with Crippen molar-refractivity contribution in [3.05, 3.63) is 198 Å². The molecule has 0 atom stereocenters. The Balaban J connectivity index is 1.30. The van der Waals surface area contributed by atoms with Crippen LogP contribution in [0, 0.1) is 78.2 Å². The molecule has 0 unspecified atom stereocenters. The van der Waals surface area contributed by atoms with Gasteiger partial charge in [-0.3, -0.25) is 0 Å². The molecule has 0 spiro atoms. The zero-order valence-electron chi connectivity index (χ0n) is 58.8. The van der Waals surface area contributed by atoms with Crippen LogP contribution in [0.15, 0.2) is 84.9 Å². The minimum absolute atomic E-state index is 0.0751. The zero-order chi connectivity index (χ0) is 70.3. The van der Waals surface area contributed by atoms with Crippen molar-refractivity contribution in [1.29, 1.82) is 0 Å². The lowest BCUT2D eigenvalue weighted by atomic mass is 9.97. The monoisotopic (exact) mass is 1530 g/mol. The van der Waals surface area contributed by atoms with Crippen LogP contribution in [0.2, 0.25) is 0 Å². The maximum absolute atomic E-state index is 12.2. The molecule has 0 saturated heterocycles. The second-order valence-electron chi connectivity index (χ2n) is 25.8. The van der Waals surface area contributed by atoms with Crippen molar-refractivity contribution in [3.8, 4) is 111 Å². The fraction of sp³-hybridized carbons (Fsp3) is 0.393. The third-order valence-corrected chi connectivity index (χ3v) is 19.2. The Morgan fingerprint density at radius 1 is 0.194 bits per heavy atom. The first kappa shape index (κ1) is 77.3. The summed E-state index contributed by atoms with van der Waals surface area (Å²) in [7, 11) is 0. The standard InChI is InChI=1S/C89H98I2O7/c1-8-15-22-29-62-48-69(36-38-71-50-63(30-23-16-9-2)52-73(84(71)93)40-42-75-54-65(32-25-18-11-4)56-77(86(75)95)44-46-79-58-67(34-27-20-13-6)60-81(90)88(79)97)83(92)70(49-62)37-39-72-51-64(31-24-17-10-3)53-74(85(72)94)41-43-76-55-66(33-26-19-12-5)57-78(87(76)96)45-47-80-59-68(35-28-21-14-7)61-82(91)89(80)98/h48-61,92-98H,8-35H2,1-7H3. The number of hydrogen-bond donors (Lipinski definition) is 7. The number of halogens is 2. The molecule has 0 amide bonds. The Bertz CT molecular complexity index is 4040. The number of unbranched alkanes of at least 4 members (excludes halogenated alkanes) is 14. The molecule has 7 aromatic carbocycles. The molecule has 0 fully saturated rings. The molecular formula is C89H98I2O7. The van der Waals surface area contributed by atoms with Crippen LogP contribution in [0.1, 0.15) is 289 Å². The van der Waals surface area contributed by atoms with Crippen molar-refractivity contribution in [2.75, 3.05) is 0 Å². The normalized spacial score (nSPS) is 10.6. The van der Waals surface area contributed by atoms with E-state index in [1.807, 2.05) is 84.9 Å². The predicted octanol–water partition coefficient (Wildman–Crippen LogP) is 21.4. The fourth-order valence-corrected chi connectivity index (χ4v) is 13.2. The molecule has 510 valence electrons. The number of phenols is 7. The molecule has 0 aliphatic rings. The summed E-state index contributed by atoms with van der Waals surface area (Å²) in [6.45, 7) is 15.2. The molecule has 9 heteroatoms. The van der Waals surface area contributed by atoms with Gasteiger partial charge in [-0.2, -0.15) is 0 Å². The largest absolute Gasteiger partial charge is 0.506 e. The van der Waals surface area contributed by atoms with Crippen molar-refractivity contribution in [2.45, 2.75) is 228 Å². The Kier molecular flexibility index (Phi) is 32.1. The second-order valence-corrected chi connectivity index (χ2v) is 28.2. The van der Waals surface area contributed by atoms with Gasteiger partial charge in [0, 0.05) is 0 Å². The lowest BCUT2D eigenvalue weighted by Crippen LogP contribution is -1.94. The van der Waals surface area contributed by atoms with Gasteiger partial charge < -0.3 is 35.7 Å². The van der Waals surface area contributed by atoms with Gasteiger partial charge >= 0.3 is 0 Å². The van der Waals surface area contributed by atoms with E-state index in [1.54, 1.807) is 0 Å².